The molecule has 214 valence electrons. The molecule has 0 saturated heterocycles. The van der Waals surface area contributed by atoms with Gasteiger partial charge in [0.15, 0.2) is 0 Å². The van der Waals surface area contributed by atoms with Crippen LogP contribution in [0.1, 0.15) is 73.0 Å². The summed E-state index contributed by atoms with van der Waals surface area (Å²) in [6.45, 7) is 7.05. The molecule has 1 saturated carbocycles. The van der Waals surface area contributed by atoms with Gasteiger partial charge in [0.25, 0.3) is 11.8 Å². The first-order valence-corrected chi connectivity index (χ1v) is 14.2. The highest BCUT2D eigenvalue weighted by Crippen LogP contribution is 2.38. The second-order valence-corrected chi connectivity index (χ2v) is 12.1. The molecule has 1 aromatic carbocycles. The minimum absolute atomic E-state index is 0.105. The summed E-state index contributed by atoms with van der Waals surface area (Å²) in [6.07, 6.45) is 5.50. The zero-order valence-corrected chi connectivity index (χ0v) is 24.5. The molecule has 0 radical (unpaired) electrons. The Hall–Kier alpha value is -3.83. The zero-order chi connectivity index (χ0) is 29.1. The monoisotopic (exact) mass is 595 g/mol. The van der Waals surface area contributed by atoms with Gasteiger partial charge in [0.05, 0.1) is 33.5 Å². The van der Waals surface area contributed by atoms with E-state index in [-0.39, 0.29) is 29.9 Å². The van der Waals surface area contributed by atoms with E-state index in [1.807, 2.05) is 6.07 Å². The van der Waals surface area contributed by atoms with Crippen LogP contribution >= 0.6 is 23.2 Å². The second-order valence-electron chi connectivity index (χ2n) is 11.3. The van der Waals surface area contributed by atoms with Crippen LogP contribution in [0.3, 0.4) is 0 Å². The Balaban J connectivity index is 1.35. The van der Waals surface area contributed by atoms with E-state index in [0.717, 1.165) is 31.2 Å². The number of halogens is 2. The number of carbonyl (C=O) groups is 2. The molecule has 5 rings (SSSR count). The van der Waals surface area contributed by atoms with Gasteiger partial charge in [0, 0.05) is 17.8 Å². The van der Waals surface area contributed by atoms with E-state index in [2.05, 4.69) is 57.0 Å². The van der Waals surface area contributed by atoms with E-state index in [0.29, 0.717) is 38.6 Å². The highest BCUT2D eigenvalue weighted by atomic mass is 35.5. The number of nitrogens with one attached hydrogen (secondary N) is 3. The lowest BCUT2D eigenvalue weighted by molar-refractivity contribution is 0.0893. The van der Waals surface area contributed by atoms with Gasteiger partial charge in [-0.15, -0.1) is 0 Å². The molecule has 3 heterocycles. The molecule has 0 bridgehead atoms. The first-order chi connectivity index (χ1) is 19.6. The molecule has 4 aromatic rings. The molecule has 41 heavy (non-hydrogen) atoms. The standard InChI is InChI=1S/C28H31Cl2N9O2/c1-28(2,3)18-6-9-19(10-7-18)32-26(41)24-13-23(16-5-11-21(29)22(30)12-16)36-39(24)15-20-8-4-17(14-31-20)25(40)33-27-34-37-38-35-27/h4-5,8,11-14,18-19H,6-7,9-10,15H2,1-3H3,(H,32,41)(H2,33,34,35,37,38,40). The smallest absolute Gasteiger partial charge is 0.269 e. The largest absolute Gasteiger partial charge is 0.348 e. The number of rotatable bonds is 7. The molecule has 3 N–H and O–H groups in total. The lowest BCUT2D eigenvalue weighted by Crippen LogP contribution is -2.40. The molecule has 13 heteroatoms. The molecule has 0 spiro atoms. The van der Waals surface area contributed by atoms with Gasteiger partial charge in [-0.1, -0.05) is 55.1 Å². The van der Waals surface area contributed by atoms with Gasteiger partial charge in [-0.3, -0.25) is 24.6 Å². The fourth-order valence-electron chi connectivity index (χ4n) is 5.08. The minimum Gasteiger partial charge on any atom is -0.348 e. The average Bonchev–Trinajstić information content (AvgIpc) is 3.61. The SMILES string of the molecule is CC(C)(C)C1CCC(NC(=O)c2cc(-c3ccc(Cl)c(Cl)c3)nn2Cc2ccc(C(=O)Nc3nnn[nH]3)cn2)CC1. The van der Waals surface area contributed by atoms with Crippen molar-refractivity contribution in [3.05, 3.63) is 69.6 Å². The topological polar surface area (TPSA) is 143 Å². The minimum atomic E-state index is -0.412. The molecule has 1 aliphatic carbocycles. The van der Waals surface area contributed by atoms with Gasteiger partial charge in [0.1, 0.15) is 5.69 Å². The van der Waals surface area contributed by atoms with Crippen molar-refractivity contribution in [2.24, 2.45) is 11.3 Å². The number of aromatic nitrogens is 7. The highest BCUT2D eigenvalue weighted by Gasteiger charge is 2.31. The third-order valence-corrected chi connectivity index (χ3v) is 8.23. The molecule has 1 aliphatic rings. The van der Waals surface area contributed by atoms with E-state index in [4.69, 9.17) is 28.3 Å². The Labute approximate surface area is 247 Å². The molecule has 1 fully saturated rings. The molecule has 0 atom stereocenters. The van der Waals surface area contributed by atoms with Crippen LogP contribution in [0.2, 0.25) is 10.0 Å². The van der Waals surface area contributed by atoms with Crippen LogP contribution in [0.25, 0.3) is 11.3 Å². The zero-order valence-electron chi connectivity index (χ0n) is 23.0. The van der Waals surface area contributed by atoms with Crippen LogP contribution in [0.5, 0.6) is 0 Å². The number of benzene rings is 1. The van der Waals surface area contributed by atoms with Gasteiger partial charge in [0.2, 0.25) is 5.95 Å². The van der Waals surface area contributed by atoms with Gasteiger partial charge in [-0.2, -0.15) is 5.10 Å². The summed E-state index contributed by atoms with van der Waals surface area (Å²) < 4.78 is 1.62. The Kier molecular flexibility index (Phi) is 8.37. The molecular weight excluding hydrogens is 565 g/mol. The van der Waals surface area contributed by atoms with Crippen LogP contribution in [-0.2, 0) is 6.54 Å². The normalized spacial score (nSPS) is 17.3. The lowest BCUT2D eigenvalue weighted by Gasteiger charge is -2.37. The van der Waals surface area contributed by atoms with Crippen LogP contribution in [0.4, 0.5) is 5.95 Å². The van der Waals surface area contributed by atoms with E-state index in [1.54, 1.807) is 35.0 Å². The number of aromatic amines is 1. The summed E-state index contributed by atoms with van der Waals surface area (Å²) in [5.41, 5.74) is 2.93. The molecule has 11 nitrogen and oxygen atoms in total. The average molecular weight is 597 g/mol. The van der Waals surface area contributed by atoms with Crippen molar-refractivity contribution in [1.29, 1.82) is 0 Å². The second kappa shape index (κ2) is 12.0. The third kappa shape index (κ3) is 6.91. The fourth-order valence-corrected chi connectivity index (χ4v) is 5.38. The number of nitrogens with zero attached hydrogens (tertiary/aromatic N) is 6. The van der Waals surface area contributed by atoms with E-state index in [1.165, 1.54) is 6.20 Å². The Morgan fingerprint density at radius 2 is 1.80 bits per heavy atom. The Bertz CT molecular complexity index is 1520. The van der Waals surface area contributed by atoms with Crippen molar-refractivity contribution in [2.45, 2.75) is 59.0 Å². The number of amides is 2. The summed E-state index contributed by atoms with van der Waals surface area (Å²) in [5, 5.41) is 24.3. The number of pyridine rings is 1. The van der Waals surface area contributed by atoms with Crippen LogP contribution in [-0.4, -0.2) is 53.2 Å². The lowest BCUT2D eigenvalue weighted by atomic mass is 9.71. The van der Waals surface area contributed by atoms with Crippen molar-refractivity contribution in [2.75, 3.05) is 5.32 Å². The van der Waals surface area contributed by atoms with Crippen molar-refractivity contribution >= 4 is 41.0 Å². The number of anilines is 1. The van der Waals surface area contributed by atoms with Gasteiger partial charge in [-0.25, -0.2) is 5.10 Å². The van der Waals surface area contributed by atoms with Gasteiger partial charge >= 0.3 is 0 Å². The fraction of sp³-hybridized carbons (Fsp3) is 0.393. The number of carbonyl (C=O) groups excluding carboxylic acids is 2. The summed E-state index contributed by atoms with van der Waals surface area (Å²) in [5.74, 6) is 0.170. The van der Waals surface area contributed by atoms with Crippen LogP contribution < -0.4 is 10.6 Å². The van der Waals surface area contributed by atoms with E-state index in [9.17, 15) is 9.59 Å². The molecular formula is C28H31Cl2N9O2. The molecule has 0 aliphatic heterocycles. The van der Waals surface area contributed by atoms with Crippen molar-refractivity contribution in [3.63, 3.8) is 0 Å². The van der Waals surface area contributed by atoms with Crippen molar-refractivity contribution in [3.8, 4) is 11.3 Å². The highest BCUT2D eigenvalue weighted by molar-refractivity contribution is 6.42. The number of H-pyrrole nitrogens is 1. The van der Waals surface area contributed by atoms with E-state index < -0.39 is 5.91 Å². The number of hydrogen-bond donors (Lipinski definition) is 3. The summed E-state index contributed by atoms with van der Waals surface area (Å²) in [6, 6.07) is 10.4. The Morgan fingerprint density at radius 3 is 2.44 bits per heavy atom. The van der Waals surface area contributed by atoms with Crippen molar-refractivity contribution in [1.82, 2.24) is 40.7 Å². The maximum Gasteiger partial charge on any atom is 0.269 e. The molecule has 3 aromatic heterocycles. The maximum atomic E-state index is 13.6. The first kappa shape index (κ1) is 28.7. The quantitative estimate of drug-likeness (QED) is 0.259. The number of tetrazole rings is 1. The number of hydrogen-bond acceptors (Lipinski definition) is 7. The first-order valence-electron chi connectivity index (χ1n) is 13.4. The summed E-state index contributed by atoms with van der Waals surface area (Å²) >= 11 is 12.4. The predicted octanol–water partition coefficient (Wildman–Crippen LogP) is 5.40. The summed E-state index contributed by atoms with van der Waals surface area (Å²) in [7, 11) is 0. The van der Waals surface area contributed by atoms with Gasteiger partial charge in [-0.05, 0) is 77.8 Å². The third-order valence-electron chi connectivity index (χ3n) is 7.49. The van der Waals surface area contributed by atoms with Crippen molar-refractivity contribution < 1.29 is 9.59 Å². The Morgan fingerprint density at radius 1 is 1.02 bits per heavy atom. The summed E-state index contributed by atoms with van der Waals surface area (Å²) in [4.78, 5) is 30.4. The van der Waals surface area contributed by atoms with E-state index >= 15 is 0 Å². The molecule has 0 unspecified atom stereocenters. The van der Waals surface area contributed by atoms with Crippen LogP contribution in [0.15, 0.2) is 42.6 Å². The molecule has 2 amide bonds. The predicted molar refractivity (Wildman–Crippen MR) is 156 cm³/mol. The van der Waals surface area contributed by atoms with Gasteiger partial charge < -0.3 is 5.32 Å². The van der Waals surface area contributed by atoms with Crippen LogP contribution in [0, 0.1) is 11.3 Å². The maximum absolute atomic E-state index is 13.6.